The van der Waals surface area contributed by atoms with Gasteiger partial charge in [-0.25, -0.2) is 0 Å². The van der Waals surface area contributed by atoms with E-state index < -0.39 is 0 Å². The minimum Gasteiger partial charge on any atom is -0.316 e. The van der Waals surface area contributed by atoms with E-state index >= 15 is 0 Å². The lowest BCUT2D eigenvalue weighted by atomic mass is 9.76. The summed E-state index contributed by atoms with van der Waals surface area (Å²) in [6, 6.07) is 0.906. The van der Waals surface area contributed by atoms with Crippen LogP contribution in [0.15, 0.2) is 0 Å². The minimum absolute atomic E-state index is 0.439. The van der Waals surface area contributed by atoms with Crippen LogP contribution in [-0.4, -0.2) is 37.1 Å². The van der Waals surface area contributed by atoms with Crippen LogP contribution < -0.4 is 5.32 Å². The van der Waals surface area contributed by atoms with Gasteiger partial charge in [-0.1, -0.05) is 40.5 Å². The third-order valence-electron chi connectivity index (χ3n) is 5.90. The Morgan fingerprint density at radius 3 is 2.57 bits per heavy atom. The minimum atomic E-state index is 0.439. The number of nitrogens with one attached hydrogen (secondary N) is 1. The van der Waals surface area contributed by atoms with Gasteiger partial charge in [-0.15, -0.1) is 0 Å². The number of fused-ring (bicyclic) bond motifs is 1. The van der Waals surface area contributed by atoms with Gasteiger partial charge in [-0.3, -0.25) is 4.90 Å². The molecular weight excluding hydrogens is 256 g/mol. The van der Waals surface area contributed by atoms with Crippen molar-refractivity contribution >= 4 is 0 Å². The van der Waals surface area contributed by atoms with Crippen LogP contribution in [0.5, 0.6) is 0 Å². The Balaban J connectivity index is 1.89. The largest absolute Gasteiger partial charge is 0.316 e. The molecule has 1 heterocycles. The standard InChI is InChI=1S/C19H38N2/c1-5-19(4,14-20-13-16(2)3)15-21-12-8-10-17-9-6-7-11-18(17)21/h16-18,20H,5-15H2,1-4H3. The fourth-order valence-corrected chi connectivity index (χ4v) is 4.37. The highest BCUT2D eigenvalue weighted by atomic mass is 15.2. The lowest BCUT2D eigenvalue weighted by Crippen LogP contribution is -2.52. The molecule has 2 aliphatic rings. The Labute approximate surface area is 133 Å². The molecule has 3 unspecified atom stereocenters. The van der Waals surface area contributed by atoms with E-state index in [1.165, 1.54) is 64.6 Å². The maximum atomic E-state index is 3.71. The Bertz CT molecular complexity index is 300. The number of likely N-dealkylation sites (tertiary alicyclic amines) is 1. The molecule has 0 aromatic carbocycles. The third-order valence-corrected chi connectivity index (χ3v) is 5.90. The fraction of sp³-hybridized carbons (Fsp3) is 1.00. The van der Waals surface area contributed by atoms with Crippen LogP contribution in [-0.2, 0) is 0 Å². The summed E-state index contributed by atoms with van der Waals surface area (Å²) in [6.07, 6.45) is 10.1. The number of hydrogen-bond acceptors (Lipinski definition) is 2. The molecule has 1 aliphatic heterocycles. The zero-order chi connectivity index (χ0) is 15.3. The highest BCUT2D eigenvalue weighted by molar-refractivity contribution is 4.90. The van der Waals surface area contributed by atoms with Crippen LogP contribution in [0.25, 0.3) is 0 Å². The van der Waals surface area contributed by atoms with E-state index in [-0.39, 0.29) is 0 Å². The van der Waals surface area contributed by atoms with E-state index in [2.05, 4.69) is 37.9 Å². The maximum Gasteiger partial charge on any atom is 0.0124 e. The van der Waals surface area contributed by atoms with Gasteiger partial charge in [-0.2, -0.15) is 0 Å². The summed E-state index contributed by atoms with van der Waals surface area (Å²) >= 11 is 0. The van der Waals surface area contributed by atoms with Crippen molar-refractivity contribution in [2.75, 3.05) is 26.2 Å². The van der Waals surface area contributed by atoms with Crippen LogP contribution in [0.3, 0.4) is 0 Å². The predicted molar refractivity (Wildman–Crippen MR) is 92.7 cm³/mol. The summed E-state index contributed by atoms with van der Waals surface area (Å²) < 4.78 is 0. The van der Waals surface area contributed by atoms with Gasteiger partial charge in [0, 0.05) is 19.1 Å². The summed E-state index contributed by atoms with van der Waals surface area (Å²) in [4.78, 5) is 2.87. The number of hydrogen-bond donors (Lipinski definition) is 1. The van der Waals surface area contributed by atoms with Gasteiger partial charge in [0.15, 0.2) is 0 Å². The zero-order valence-corrected chi connectivity index (χ0v) is 15.0. The van der Waals surface area contributed by atoms with E-state index in [4.69, 9.17) is 0 Å². The number of rotatable bonds is 7. The highest BCUT2D eigenvalue weighted by Crippen LogP contribution is 2.37. The Hall–Kier alpha value is -0.0800. The Morgan fingerprint density at radius 2 is 1.86 bits per heavy atom. The molecule has 0 amide bonds. The van der Waals surface area contributed by atoms with Crippen molar-refractivity contribution in [3.8, 4) is 0 Å². The predicted octanol–water partition coefficient (Wildman–Crippen LogP) is 4.30. The van der Waals surface area contributed by atoms with Gasteiger partial charge in [0.1, 0.15) is 0 Å². The molecule has 2 heteroatoms. The lowest BCUT2D eigenvalue weighted by Gasteiger charge is -2.47. The maximum absolute atomic E-state index is 3.71. The molecule has 1 aliphatic carbocycles. The van der Waals surface area contributed by atoms with Gasteiger partial charge >= 0.3 is 0 Å². The first-order valence-corrected chi connectivity index (χ1v) is 9.49. The molecule has 1 N–H and O–H groups in total. The molecule has 0 spiro atoms. The lowest BCUT2D eigenvalue weighted by molar-refractivity contribution is 0.0264. The smallest absolute Gasteiger partial charge is 0.0124 e. The van der Waals surface area contributed by atoms with Crippen molar-refractivity contribution in [1.82, 2.24) is 10.2 Å². The molecule has 2 nitrogen and oxygen atoms in total. The first-order chi connectivity index (χ1) is 10.0. The second-order valence-corrected chi connectivity index (χ2v) is 8.41. The molecular formula is C19H38N2. The van der Waals surface area contributed by atoms with Crippen LogP contribution in [0.4, 0.5) is 0 Å². The SMILES string of the molecule is CCC(C)(CNCC(C)C)CN1CCCC2CCCCC21. The molecule has 21 heavy (non-hydrogen) atoms. The van der Waals surface area contributed by atoms with Crippen molar-refractivity contribution in [2.45, 2.75) is 78.7 Å². The molecule has 0 radical (unpaired) electrons. The molecule has 1 saturated carbocycles. The van der Waals surface area contributed by atoms with Crippen LogP contribution in [0, 0.1) is 17.3 Å². The van der Waals surface area contributed by atoms with Crippen molar-refractivity contribution in [2.24, 2.45) is 17.3 Å². The second kappa shape index (κ2) is 7.97. The monoisotopic (exact) mass is 294 g/mol. The van der Waals surface area contributed by atoms with Crippen molar-refractivity contribution in [3.05, 3.63) is 0 Å². The molecule has 2 rings (SSSR count). The Kier molecular flexibility index (Phi) is 6.55. The fourth-order valence-electron chi connectivity index (χ4n) is 4.37. The number of piperidine rings is 1. The topological polar surface area (TPSA) is 15.3 Å². The summed E-state index contributed by atoms with van der Waals surface area (Å²) in [6.45, 7) is 14.4. The van der Waals surface area contributed by atoms with E-state index in [1.54, 1.807) is 0 Å². The van der Waals surface area contributed by atoms with Crippen LogP contribution in [0.1, 0.15) is 72.6 Å². The Morgan fingerprint density at radius 1 is 1.14 bits per heavy atom. The molecule has 0 bridgehead atoms. The average molecular weight is 295 g/mol. The van der Waals surface area contributed by atoms with Crippen molar-refractivity contribution < 1.29 is 0 Å². The molecule has 124 valence electrons. The molecule has 2 fully saturated rings. The van der Waals surface area contributed by atoms with Gasteiger partial charge in [0.25, 0.3) is 0 Å². The summed E-state index contributed by atoms with van der Waals surface area (Å²) in [5.41, 5.74) is 0.439. The van der Waals surface area contributed by atoms with Crippen LogP contribution >= 0.6 is 0 Å². The first kappa shape index (κ1) is 17.3. The van der Waals surface area contributed by atoms with Gasteiger partial charge < -0.3 is 5.32 Å². The van der Waals surface area contributed by atoms with E-state index in [9.17, 15) is 0 Å². The van der Waals surface area contributed by atoms with Crippen LogP contribution in [0.2, 0.25) is 0 Å². The zero-order valence-electron chi connectivity index (χ0n) is 15.0. The normalized spacial score (nSPS) is 30.1. The van der Waals surface area contributed by atoms with Crippen molar-refractivity contribution in [1.29, 1.82) is 0 Å². The third kappa shape index (κ3) is 4.96. The van der Waals surface area contributed by atoms with Gasteiger partial charge in [0.2, 0.25) is 0 Å². The quantitative estimate of drug-likeness (QED) is 0.753. The van der Waals surface area contributed by atoms with Gasteiger partial charge in [-0.05, 0) is 62.4 Å². The van der Waals surface area contributed by atoms with E-state index in [0.717, 1.165) is 24.4 Å². The molecule has 3 atom stereocenters. The summed E-state index contributed by atoms with van der Waals surface area (Å²) in [5.74, 6) is 1.76. The van der Waals surface area contributed by atoms with Crippen molar-refractivity contribution in [3.63, 3.8) is 0 Å². The highest BCUT2D eigenvalue weighted by Gasteiger charge is 2.36. The molecule has 0 aromatic rings. The second-order valence-electron chi connectivity index (χ2n) is 8.41. The molecule has 0 aromatic heterocycles. The van der Waals surface area contributed by atoms with Gasteiger partial charge in [0.05, 0.1) is 0 Å². The molecule has 1 saturated heterocycles. The average Bonchev–Trinajstić information content (AvgIpc) is 2.47. The van der Waals surface area contributed by atoms with E-state index in [0.29, 0.717) is 5.41 Å². The first-order valence-electron chi connectivity index (χ1n) is 9.49. The summed E-state index contributed by atoms with van der Waals surface area (Å²) in [7, 11) is 0. The summed E-state index contributed by atoms with van der Waals surface area (Å²) in [5, 5.41) is 3.71. The number of nitrogens with zero attached hydrogens (tertiary/aromatic N) is 1. The van der Waals surface area contributed by atoms with E-state index in [1.807, 2.05) is 0 Å².